The lowest BCUT2D eigenvalue weighted by atomic mass is 10.0. The van der Waals surface area contributed by atoms with Gasteiger partial charge in [0.05, 0.1) is 23.6 Å². The predicted octanol–water partition coefficient (Wildman–Crippen LogP) is 8.43. The van der Waals surface area contributed by atoms with Gasteiger partial charge in [-0.15, -0.1) is 0 Å². The van der Waals surface area contributed by atoms with E-state index < -0.39 is 0 Å². The highest BCUT2D eigenvalue weighted by Crippen LogP contribution is 2.29. The van der Waals surface area contributed by atoms with E-state index in [-0.39, 0.29) is 5.43 Å². The molecule has 3 heterocycles. The summed E-state index contributed by atoms with van der Waals surface area (Å²) in [4.78, 5) is 13.7. The van der Waals surface area contributed by atoms with Crippen molar-refractivity contribution < 1.29 is 8.83 Å². The van der Waals surface area contributed by atoms with Crippen molar-refractivity contribution in [1.29, 1.82) is 0 Å². The Balaban J connectivity index is 1.56. The van der Waals surface area contributed by atoms with E-state index in [1.165, 1.54) is 38.5 Å². The lowest BCUT2D eigenvalue weighted by Crippen LogP contribution is -2.12. The minimum Gasteiger partial charge on any atom is -0.464 e. The Kier molecular flexibility index (Phi) is 6.66. The first-order valence-corrected chi connectivity index (χ1v) is 12.4. The van der Waals surface area contributed by atoms with Crippen molar-refractivity contribution in [2.75, 3.05) is 0 Å². The molecule has 0 unspecified atom stereocenters. The lowest BCUT2D eigenvalue weighted by Gasteiger charge is -2.16. The number of nitrogens with zero attached hydrogens (tertiary/aromatic N) is 1. The third-order valence-corrected chi connectivity index (χ3v) is 6.66. The SMILES string of the molecule is CCCCCCCCCn1c2ccc(-c3ccco3)cc2c(=O)c2cc(-c3ccco3)ccc21. The van der Waals surface area contributed by atoms with Gasteiger partial charge < -0.3 is 13.4 Å². The van der Waals surface area contributed by atoms with Crippen LogP contribution in [0.3, 0.4) is 0 Å². The Bertz CT molecular complexity index is 1330. The molecule has 3 aromatic heterocycles. The average Bonchev–Trinajstić information content (AvgIpc) is 3.60. The van der Waals surface area contributed by atoms with Crippen LogP contribution in [-0.4, -0.2) is 4.57 Å². The molecule has 0 spiro atoms. The fourth-order valence-corrected chi connectivity index (χ4v) is 4.84. The van der Waals surface area contributed by atoms with Crippen LogP contribution in [0.2, 0.25) is 0 Å². The largest absolute Gasteiger partial charge is 0.464 e. The first kappa shape index (κ1) is 22.3. The highest BCUT2D eigenvalue weighted by atomic mass is 16.3. The second-order valence-electron chi connectivity index (χ2n) is 9.02. The topological polar surface area (TPSA) is 48.3 Å². The summed E-state index contributed by atoms with van der Waals surface area (Å²) in [7, 11) is 0. The number of hydrogen-bond acceptors (Lipinski definition) is 3. The highest BCUT2D eigenvalue weighted by molar-refractivity contribution is 5.96. The van der Waals surface area contributed by atoms with Crippen LogP contribution in [0, 0.1) is 0 Å². The van der Waals surface area contributed by atoms with Gasteiger partial charge >= 0.3 is 0 Å². The zero-order valence-corrected chi connectivity index (χ0v) is 19.8. The van der Waals surface area contributed by atoms with Gasteiger partial charge in [0.15, 0.2) is 5.43 Å². The number of pyridine rings is 1. The Hall–Kier alpha value is -3.53. The van der Waals surface area contributed by atoms with Gasteiger partial charge in [-0.25, -0.2) is 0 Å². The molecule has 0 aliphatic heterocycles. The number of aryl methyl sites for hydroxylation is 1. The van der Waals surface area contributed by atoms with Crippen LogP contribution in [0.4, 0.5) is 0 Å². The number of furan rings is 2. The summed E-state index contributed by atoms with van der Waals surface area (Å²) in [6, 6.07) is 19.8. The zero-order chi connectivity index (χ0) is 23.3. The summed E-state index contributed by atoms with van der Waals surface area (Å²) >= 11 is 0. The molecule has 0 aliphatic rings. The van der Waals surface area contributed by atoms with Gasteiger partial charge in [-0.05, 0) is 67.1 Å². The lowest BCUT2D eigenvalue weighted by molar-refractivity contribution is 0.560. The van der Waals surface area contributed by atoms with Crippen LogP contribution in [0.15, 0.2) is 86.8 Å². The quantitative estimate of drug-likeness (QED) is 0.157. The van der Waals surface area contributed by atoms with Crippen LogP contribution in [0.1, 0.15) is 51.9 Å². The molecule has 0 fully saturated rings. The molecule has 0 amide bonds. The summed E-state index contributed by atoms with van der Waals surface area (Å²) in [5, 5.41) is 1.45. The van der Waals surface area contributed by atoms with Gasteiger partial charge in [0.25, 0.3) is 0 Å². The van der Waals surface area contributed by atoms with Gasteiger partial charge in [-0.3, -0.25) is 4.79 Å². The third kappa shape index (κ3) is 4.45. The smallest absolute Gasteiger partial charge is 0.197 e. The maximum Gasteiger partial charge on any atom is 0.197 e. The first-order chi connectivity index (χ1) is 16.8. The Morgan fingerprint density at radius 1 is 0.676 bits per heavy atom. The molecule has 34 heavy (non-hydrogen) atoms. The summed E-state index contributed by atoms with van der Waals surface area (Å²) in [5.41, 5.74) is 3.83. The van der Waals surface area contributed by atoms with E-state index in [1.807, 2.05) is 48.5 Å². The van der Waals surface area contributed by atoms with Crippen molar-refractivity contribution in [3.63, 3.8) is 0 Å². The Morgan fingerprint density at radius 3 is 1.71 bits per heavy atom. The van der Waals surface area contributed by atoms with E-state index in [0.29, 0.717) is 0 Å². The van der Waals surface area contributed by atoms with Gasteiger partial charge in [0.1, 0.15) is 11.5 Å². The fourth-order valence-electron chi connectivity index (χ4n) is 4.84. The van der Waals surface area contributed by atoms with E-state index >= 15 is 0 Å². The standard InChI is InChI=1S/C30H31NO3/c1-2-3-4-5-6-7-8-17-31-26-15-13-22(28-11-9-18-33-28)20-24(26)30(32)25-21-23(14-16-27(25)31)29-12-10-19-34-29/h9-16,18-21H,2-8,17H2,1H3. The van der Waals surface area contributed by atoms with E-state index in [1.54, 1.807) is 12.5 Å². The van der Waals surface area contributed by atoms with Crippen LogP contribution in [0.5, 0.6) is 0 Å². The van der Waals surface area contributed by atoms with Crippen LogP contribution in [0.25, 0.3) is 44.5 Å². The minimum atomic E-state index is 0.0441. The third-order valence-electron chi connectivity index (χ3n) is 6.66. The van der Waals surface area contributed by atoms with Crippen LogP contribution in [-0.2, 0) is 6.54 Å². The van der Waals surface area contributed by atoms with Crippen molar-refractivity contribution in [3.05, 3.63) is 83.4 Å². The summed E-state index contributed by atoms with van der Waals surface area (Å²) in [5.74, 6) is 1.54. The van der Waals surface area contributed by atoms with Gasteiger partial charge in [0, 0.05) is 28.4 Å². The zero-order valence-electron chi connectivity index (χ0n) is 19.8. The molecule has 0 aliphatic carbocycles. The molecule has 5 aromatic rings. The second-order valence-corrected chi connectivity index (χ2v) is 9.02. The van der Waals surface area contributed by atoms with Crippen molar-refractivity contribution >= 4 is 21.8 Å². The van der Waals surface area contributed by atoms with Crippen molar-refractivity contribution in [2.24, 2.45) is 0 Å². The Labute approximate surface area is 199 Å². The monoisotopic (exact) mass is 453 g/mol. The number of benzene rings is 2. The van der Waals surface area contributed by atoms with E-state index in [4.69, 9.17) is 8.83 Å². The molecule has 5 rings (SSSR count). The Morgan fingerprint density at radius 2 is 1.21 bits per heavy atom. The number of fused-ring (bicyclic) bond motifs is 2. The van der Waals surface area contributed by atoms with Crippen molar-refractivity contribution in [3.8, 4) is 22.6 Å². The van der Waals surface area contributed by atoms with Crippen LogP contribution < -0.4 is 5.43 Å². The molecule has 0 saturated heterocycles. The molecule has 0 bridgehead atoms. The number of aromatic nitrogens is 1. The summed E-state index contributed by atoms with van der Waals surface area (Å²) in [6.45, 7) is 3.14. The number of rotatable bonds is 10. The number of hydrogen-bond donors (Lipinski definition) is 0. The van der Waals surface area contributed by atoms with Crippen LogP contribution >= 0.6 is 0 Å². The molecule has 0 saturated carbocycles. The van der Waals surface area contributed by atoms with Gasteiger partial charge in [-0.2, -0.15) is 0 Å². The van der Waals surface area contributed by atoms with E-state index in [2.05, 4.69) is 23.6 Å². The number of unbranched alkanes of at least 4 members (excludes halogenated alkanes) is 6. The van der Waals surface area contributed by atoms with E-state index in [9.17, 15) is 4.79 Å². The normalized spacial score (nSPS) is 11.6. The molecule has 4 nitrogen and oxygen atoms in total. The fraction of sp³-hybridized carbons (Fsp3) is 0.300. The molecule has 0 radical (unpaired) electrons. The van der Waals surface area contributed by atoms with Crippen molar-refractivity contribution in [1.82, 2.24) is 4.57 Å². The first-order valence-electron chi connectivity index (χ1n) is 12.4. The maximum absolute atomic E-state index is 13.7. The second kappa shape index (κ2) is 10.2. The predicted molar refractivity (Wildman–Crippen MR) is 139 cm³/mol. The maximum atomic E-state index is 13.7. The highest BCUT2D eigenvalue weighted by Gasteiger charge is 2.14. The molecule has 0 N–H and O–H groups in total. The molecule has 0 atom stereocenters. The summed E-state index contributed by atoms with van der Waals surface area (Å²) in [6.07, 6.45) is 12.1. The molecule has 4 heteroatoms. The summed E-state index contributed by atoms with van der Waals surface area (Å²) < 4.78 is 13.5. The average molecular weight is 454 g/mol. The molecular weight excluding hydrogens is 422 g/mol. The molecule has 174 valence electrons. The van der Waals surface area contributed by atoms with E-state index in [0.717, 1.165) is 57.4 Å². The molecule has 2 aromatic carbocycles. The van der Waals surface area contributed by atoms with Crippen molar-refractivity contribution in [2.45, 2.75) is 58.4 Å². The minimum absolute atomic E-state index is 0.0441. The molecular formula is C30H31NO3. The van der Waals surface area contributed by atoms with Gasteiger partial charge in [0.2, 0.25) is 0 Å². The van der Waals surface area contributed by atoms with Gasteiger partial charge in [-0.1, -0.05) is 45.4 Å².